The Morgan fingerprint density at radius 1 is 1.10 bits per heavy atom. The van der Waals surface area contributed by atoms with Crippen LogP contribution in [0.5, 0.6) is 0 Å². The van der Waals surface area contributed by atoms with E-state index in [2.05, 4.69) is 31.5 Å². The molecule has 0 spiro atoms. The quantitative estimate of drug-likeness (QED) is 0.176. The highest BCUT2D eigenvalue weighted by atomic mass is 35.5. The van der Waals surface area contributed by atoms with Crippen LogP contribution in [0, 0.1) is 19.7 Å². The molecule has 2 aliphatic heterocycles. The molecule has 2 aromatic carbocycles. The van der Waals surface area contributed by atoms with Crippen LogP contribution in [-0.2, 0) is 4.79 Å². The van der Waals surface area contributed by atoms with Gasteiger partial charge >= 0.3 is 0 Å². The molecule has 0 aliphatic carbocycles. The maximum absolute atomic E-state index is 18.1. The Labute approximate surface area is 308 Å². The van der Waals surface area contributed by atoms with E-state index in [1.807, 2.05) is 77.9 Å². The third-order valence-electron chi connectivity index (χ3n) is 10.7. The molecule has 1 amide bonds. The molecule has 1 saturated heterocycles. The van der Waals surface area contributed by atoms with Crippen LogP contribution in [0.25, 0.3) is 38.6 Å². The van der Waals surface area contributed by atoms with Gasteiger partial charge in [0.05, 0.1) is 45.4 Å². The molecule has 2 aliphatic rings. The molecule has 0 saturated carbocycles. The van der Waals surface area contributed by atoms with Crippen molar-refractivity contribution in [2.45, 2.75) is 59.0 Å². The molecule has 5 heterocycles. The average Bonchev–Trinajstić information content (AvgIpc) is 3.58. The summed E-state index contributed by atoms with van der Waals surface area (Å²) in [7, 11) is 4.06. The highest BCUT2D eigenvalue weighted by molar-refractivity contribution is 6.35. The van der Waals surface area contributed by atoms with Crippen LogP contribution in [0.2, 0.25) is 5.02 Å². The van der Waals surface area contributed by atoms with E-state index in [0.29, 0.717) is 59.9 Å². The first-order chi connectivity index (χ1) is 24.8. The SMILES string of the molecule is C=CC(=O)N1CC2CN(CCCN(C)C)c3c(c4cc(Cl)c(-c5c(C)ccc6[nH]ncc56)c(F)c4n(-c4c(C)ccnc4C(C)C)c3=O)N2CC1C. The van der Waals surface area contributed by atoms with E-state index in [4.69, 9.17) is 16.6 Å². The second-order valence-corrected chi connectivity index (χ2v) is 15.2. The molecule has 52 heavy (non-hydrogen) atoms. The number of piperazine rings is 1. The molecular formula is C40H46ClFN8O2. The topological polar surface area (TPSA) is 93.6 Å². The summed E-state index contributed by atoms with van der Waals surface area (Å²) in [5.41, 5.74) is 5.48. The molecule has 1 N–H and O–H groups in total. The monoisotopic (exact) mass is 724 g/mol. The Kier molecular flexibility index (Phi) is 9.37. The van der Waals surface area contributed by atoms with Gasteiger partial charge in [-0.05, 0) is 89.2 Å². The lowest BCUT2D eigenvalue weighted by molar-refractivity contribution is -0.128. The zero-order valence-electron chi connectivity index (χ0n) is 30.9. The van der Waals surface area contributed by atoms with Crippen LogP contribution in [0.4, 0.5) is 15.8 Å². The minimum atomic E-state index is -0.591. The number of halogens is 2. The summed E-state index contributed by atoms with van der Waals surface area (Å²) in [5, 5.41) is 8.75. The Morgan fingerprint density at radius 3 is 2.58 bits per heavy atom. The molecular weight excluding hydrogens is 679 g/mol. The van der Waals surface area contributed by atoms with Crippen molar-refractivity contribution < 1.29 is 9.18 Å². The summed E-state index contributed by atoms with van der Waals surface area (Å²) < 4.78 is 19.7. The zero-order chi connectivity index (χ0) is 37.2. The summed E-state index contributed by atoms with van der Waals surface area (Å²) in [5.74, 6) is -0.776. The number of pyridine rings is 2. The smallest absolute Gasteiger partial charge is 0.281 e. The van der Waals surface area contributed by atoms with Gasteiger partial charge in [-0.2, -0.15) is 5.10 Å². The standard InChI is InChI=1S/C40H46ClFN8O2/c1-9-31(51)48-21-26-20-47(16-10-15-46(7)8)39-38(49(26)19-25(48)6)27-17-29(41)33(32-23(4)11-12-30-28(32)18-44-45-30)34(42)37(27)50(40(39)52)36-24(5)13-14-43-35(36)22(2)3/h9,11-14,17-18,22,25-26H,1,10,15-16,19-21H2,2-8H3,(H,44,45). The van der Waals surface area contributed by atoms with Crippen LogP contribution in [-0.4, -0.2) is 94.4 Å². The summed E-state index contributed by atoms with van der Waals surface area (Å²) in [6, 6.07) is 7.19. The number of aromatic nitrogens is 4. The number of fused-ring (bicyclic) bond motifs is 6. The van der Waals surface area contributed by atoms with Gasteiger partial charge in [0.2, 0.25) is 5.91 Å². The molecule has 12 heteroatoms. The fourth-order valence-corrected chi connectivity index (χ4v) is 8.51. The molecule has 0 radical (unpaired) electrons. The lowest BCUT2D eigenvalue weighted by atomic mass is 9.93. The van der Waals surface area contributed by atoms with Gasteiger partial charge in [-0.1, -0.05) is 38.1 Å². The molecule has 7 rings (SSSR count). The third kappa shape index (κ3) is 5.74. The summed E-state index contributed by atoms with van der Waals surface area (Å²) in [4.78, 5) is 41.6. The van der Waals surface area contributed by atoms with Crippen molar-refractivity contribution in [2.24, 2.45) is 0 Å². The number of benzene rings is 2. The molecule has 272 valence electrons. The van der Waals surface area contributed by atoms with Crippen LogP contribution in [0.3, 0.4) is 0 Å². The van der Waals surface area contributed by atoms with E-state index < -0.39 is 5.82 Å². The number of aromatic amines is 1. The number of aryl methyl sites for hydroxylation is 2. The zero-order valence-corrected chi connectivity index (χ0v) is 31.7. The Hall–Kier alpha value is -4.74. The van der Waals surface area contributed by atoms with Crippen LogP contribution in [0.15, 0.2) is 54.1 Å². The third-order valence-corrected chi connectivity index (χ3v) is 11.0. The Balaban J connectivity index is 1.62. The maximum Gasteiger partial charge on any atom is 0.281 e. The fraction of sp³-hybridized carbons (Fsp3) is 0.400. The van der Waals surface area contributed by atoms with E-state index in [1.54, 1.807) is 17.0 Å². The predicted molar refractivity (Wildman–Crippen MR) is 209 cm³/mol. The van der Waals surface area contributed by atoms with E-state index in [1.165, 1.54) is 6.08 Å². The number of hydrogen-bond donors (Lipinski definition) is 1. The predicted octanol–water partition coefficient (Wildman–Crippen LogP) is 6.83. The van der Waals surface area contributed by atoms with Gasteiger partial charge in [-0.25, -0.2) is 4.39 Å². The summed E-state index contributed by atoms with van der Waals surface area (Å²) in [6.07, 6.45) is 5.58. The Morgan fingerprint density at radius 2 is 1.87 bits per heavy atom. The maximum atomic E-state index is 18.1. The van der Waals surface area contributed by atoms with Crippen LogP contribution in [0.1, 0.15) is 49.9 Å². The van der Waals surface area contributed by atoms with E-state index in [-0.39, 0.29) is 45.6 Å². The average molecular weight is 725 g/mol. The summed E-state index contributed by atoms with van der Waals surface area (Å²) >= 11 is 7.25. The second-order valence-electron chi connectivity index (χ2n) is 14.8. The first-order valence-electron chi connectivity index (χ1n) is 17.9. The lowest BCUT2D eigenvalue weighted by Gasteiger charge is -2.52. The van der Waals surface area contributed by atoms with Gasteiger partial charge in [-0.15, -0.1) is 0 Å². The minimum Gasteiger partial charge on any atom is -0.363 e. The van der Waals surface area contributed by atoms with Gasteiger partial charge in [-0.3, -0.25) is 24.2 Å². The minimum absolute atomic E-state index is 0.0541. The number of carbonyl (C=O) groups is 1. The first kappa shape index (κ1) is 35.7. The van der Waals surface area contributed by atoms with Crippen molar-refractivity contribution in [3.05, 3.63) is 87.3 Å². The molecule has 2 unspecified atom stereocenters. The summed E-state index contributed by atoms with van der Waals surface area (Å²) in [6.45, 7) is 16.5. The van der Waals surface area contributed by atoms with Gasteiger partial charge in [0.25, 0.3) is 5.56 Å². The van der Waals surface area contributed by atoms with Crippen molar-refractivity contribution in [2.75, 3.05) is 56.6 Å². The molecule has 5 aromatic rings. The molecule has 1 fully saturated rings. The van der Waals surface area contributed by atoms with Gasteiger partial charge in [0.15, 0.2) is 5.82 Å². The van der Waals surface area contributed by atoms with Crippen molar-refractivity contribution in [3.8, 4) is 16.8 Å². The lowest BCUT2D eigenvalue weighted by Crippen LogP contribution is -2.64. The van der Waals surface area contributed by atoms with Crippen molar-refractivity contribution >= 4 is 50.7 Å². The first-order valence-corrected chi connectivity index (χ1v) is 18.3. The van der Waals surface area contributed by atoms with E-state index in [0.717, 1.165) is 35.0 Å². The molecule has 3 aromatic heterocycles. The van der Waals surface area contributed by atoms with Crippen LogP contribution >= 0.6 is 11.6 Å². The van der Waals surface area contributed by atoms with Gasteiger partial charge in [0, 0.05) is 60.3 Å². The number of amides is 1. The van der Waals surface area contributed by atoms with Gasteiger partial charge in [0.1, 0.15) is 5.69 Å². The molecule has 2 atom stereocenters. The van der Waals surface area contributed by atoms with Gasteiger partial charge < -0.3 is 19.6 Å². The Bertz CT molecular complexity index is 2300. The molecule has 10 nitrogen and oxygen atoms in total. The van der Waals surface area contributed by atoms with Crippen LogP contribution < -0.4 is 15.4 Å². The number of carbonyl (C=O) groups excluding carboxylic acids is 1. The van der Waals surface area contributed by atoms with Crippen molar-refractivity contribution in [1.82, 2.24) is 29.5 Å². The van der Waals surface area contributed by atoms with E-state index in [9.17, 15) is 4.79 Å². The number of anilines is 2. The second kappa shape index (κ2) is 13.7. The van der Waals surface area contributed by atoms with E-state index >= 15 is 9.18 Å². The number of H-pyrrole nitrogens is 1. The van der Waals surface area contributed by atoms with Crippen molar-refractivity contribution in [3.63, 3.8) is 0 Å². The highest BCUT2D eigenvalue weighted by Gasteiger charge is 2.42. The normalized spacial score (nSPS) is 17.4. The fourth-order valence-electron chi connectivity index (χ4n) is 8.22. The number of hydrogen-bond acceptors (Lipinski definition) is 7. The van der Waals surface area contributed by atoms with Crippen molar-refractivity contribution in [1.29, 1.82) is 0 Å². The highest BCUT2D eigenvalue weighted by Crippen LogP contribution is 2.47. The number of nitrogens with one attached hydrogen (secondary N) is 1. The number of rotatable bonds is 8. The largest absolute Gasteiger partial charge is 0.363 e. The molecule has 0 bridgehead atoms. The number of nitrogens with zero attached hydrogens (tertiary/aromatic N) is 7.